The van der Waals surface area contributed by atoms with E-state index in [9.17, 15) is 39.2 Å². The van der Waals surface area contributed by atoms with E-state index >= 15 is 0 Å². The van der Waals surface area contributed by atoms with Gasteiger partial charge in [0.1, 0.15) is 28.7 Å². The smallest absolute Gasteiger partial charge is 0.255 e. The largest absolute Gasteiger partial charge is 0.510 e. The number of phenols is 1. The van der Waals surface area contributed by atoms with Gasteiger partial charge in [-0.25, -0.2) is 4.39 Å². The number of fused-ring (bicyclic) bond motifs is 3. The summed E-state index contributed by atoms with van der Waals surface area (Å²) in [6.45, 7) is -0.129. The van der Waals surface area contributed by atoms with Crippen molar-refractivity contribution in [2.75, 3.05) is 14.1 Å². The summed E-state index contributed by atoms with van der Waals surface area (Å²) in [6.07, 6.45) is 0.0771. The number of ketones is 2. The first-order chi connectivity index (χ1) is 18.3. The number of phenolic OH excluding ortho intramolecular Hbond substituents is 1. The number of Topliss-reactive ketones (excluding diaryl/α,β-unsaturated/α-hetero) is 2. The molecule has 0 unspecified atom stereocenters. The molecule has 0 radical (unpaired) electrons. The molecule has 2 aromatic carbocycles. The van der Waals surface area contributed by atoms with Crippen LogP contribution in [0, 0.1) is 17.7 Å². The molecule has 0 spiro atoms. The molecule has 1 amide bonds. The normalized spacial score (nSPS) is 26.5. The van der Waals surface area contributed by atoms with Gasteiger partial charge in [0, 0.05) is 23.6 Å². The van der Waals surface area contributed by atoms with Gasteiger partial charge in [-0.2, -0.15) is 0 Å². The Labute approximate surface area is 222 Å². The number of amides is 1. The molecule has 0 saturated heterocycles. The Kier molecular flexibility index (Phi) is 6.13. The highest BCUT2D eigenvalue weighted by molar-refractivity contribution is 6.25. The minimum absolute atomic E-state index is 0.0337. The number of aliphatic hydroxyl groups is 3. The van der Waals surface area contributed by atoms with Crippen LogP contribution in [0.1, 0.15) is 27.9 Å². The number of carbonyl (C=O) groups is 3. The van der Waals surface area contributed by atoms with Crippen molar-refractivity contribution in [3.63, 3.8) is 0 Å². The molecule has 0 aliphatic heterocycles. The first-order valence-corrected chi connectivity index (χ1v) is 12.3. The second-order valence-corrected chi connectivity index (χ2v) is 10.5. The van der Waals surface area contributed by atoms with Gasteiger partial charge in [0.25, 0.3) is 5.91 Å². The van der Waals surface area contributed by atoms with Crippen molar-refractivity contribution in [3.05, 3.63) is 75.5 Å². The second kappa shape index (κ2) is 9.01. The van der Waals surface area contributed by atoms with Gasteiger partial charge < -0.3 is 31.9 Å². The first-order valence-electron chi connectivity index (χ1n) is 12.3. The standard InChI is InChI=1S/C28H28FN3O7/c1-32(2)21-17-9-12-7-16-15(11-3-5-14(29)6-4-11)8-13(10-30)22(33)19(16)23(34)18(12)25(36)28(17,39)26(37)20(24(21)35)27(31)38/h3-6,8,12,17,21,33,35-36,39H,7,9-10,30H2,1-2H3,(H2,31,38)/t12-,17-,21+,28+/m1/s1. The molecule has 3 aliphatic rings. The van der Waals surface area contributed by atoms with Gasteiger partial charge in [-0.05, 0) is 67.7 Å². The number of benzene rings is 2. The summed E-state index contributed by atoms with van der Waals surface area (Å²) in [4.78, 5) is 40.9. The Hall–Kier alpha value is -4.06. The fourth-order valence-electron chi connectivity index (χ4n) is 6.42. The number of rotatable bonds is 4. The van der Waals surface area contributed by atoms with Gasteiger partial charge in [0.05, 0.1) is 11.6 Å². The van der Waals surface area contributed by atoms with Gasteiger partial charge in [-0.15, -0.1) is 0 Å². The number of likely N-dealkylation sites (N-methyl/N-ethyl adjacent to an activating group) is 1. The van der Waals surface area contributed by atoms with Gasteiger partial charge >= 0.3 is 0 Å². The molecule has 5 rings (SSSR count). The van der Waals surface area contributed by atoms with Gasteiger partial charge in [-0.1, -0.05) is 12.1 Å². The number of primary amides is 1. The summed E-state index contributed by atoms with van der Waals surface area (Å²) in [5.74, 6) is -7.68. The van der Waals surface area contributed by atoms with E-state index in [2.05, 4.69) is 0 Å². The summed E-state index contributed by atoms with van der Waals surface area (Å²) >= 11 is 0. The van der Waals surface area contributed by atoms with E-state index < -0.39 is 69.6 Å². The van der Waals surface area contributed by atoms with Crippen LogP contribution in [0.25, 0.3) is 11.1 Å². The number of aliphatic hydroxyl groups excluding tert-OH is 2. The third-order valence-corrected chi connectivity index (χ3v) is 8.18. The van der Waals surface area contributed by atoms with Crippen LogP contribution in [0.5, 0.6) is 5.75 Å². The molecule has 0 saturated carbocycles. The fraction of sp³-hybridized carbons (Fsp3) is 0.321. The predicted octanol–water partition coefficient (Wildman–Crippen LogP) is 1.39. The molecule has 0 aromatic heterocycles. The fourth-order valence-corrected chi connectivity index (χ4v) is 6.42. The Bertz CT molecular complexity index is 1510. The van der Waals surface area contributed by atoms with Gasteiger partial charge in [0.2, 0.25) is 5.78 Å². The SMILES string of the molecule is CN(C)[C@@H]1C(O)=C(C(N)=O)C(=O)[C@@]2(O)C(O)=C3C(=O)c4c(O)c(CN)cc(-c5ccc(F)cc5)c4C[C@@H]3C[C@H]12. The van der Waals surface area contributed by atoms with Crippen LogP contribution < -0.4 is 11.5 Å². The molecule has 204 valence electrons. The lowest BCUT2D eigenvalue weighted by molar-refractivity contribution is -0.148. The van der Waals surface area contributed by atoms with Crippen molar-refractivity contribution in [2.24, 2.45) is 23.3 Å². The minimum atomic E-state index is -2.72. The van der Waals surface area contributed by atoms with E-state index in [4.69, 9.17) is 11.5 Å². The number of carbonyl (C=O) groups excluding carboxylic acids is 3. The van der Waals surface area contributed by atoms with Crippen LogP contribution in [-0.2, 0) is 22.6 Å². The van der Waals surface area contributed by atoms with Crippen LogP contribution in [0.4, 0.5) is 4.39 Å². The molecule has 4 atom stereocenters. The third-order valence-electron chi connectivity index (χ3n) is 8.18. The molecule has 2 aromatic rings. The molecular weight excluding hydrogens is 509 g/mol. The number of nitrogens with zero attached hydrogens (tertiary/aromatic N) is 1. The molecule has 3 aliphatic carbocycles. The number of halogens is 1. The van der Waals surface area contributed by atoms with Crippen LogP contribution in [0.3, 0.4) is 0 Å². The number of hydrogen-bond acceptors (Lipinski definition) is 9. The lowest BCUT2D eigenvalue weighted by Gasteiger charge is -2.50. The van der Waals surface area contributed by atoms with E-state index in [1.807, 2.05) is 0 Å². The molecule has 0 heterocycles. The van der Waals surface area contributed by atoms with Gasteiger partial charge in [0.15, 0.2) is 11.4 Å². The Morgan fingerprint density at radius 2 is 1.79 bits per heavy atom. The van der Waals surface area contributed by atoms with Crippen molar-refractivity contribution in [3.8, 4) is 16.9 Å². The Morgan fingerprint density at radius 1 is 1.15 bits per heavy atom. The van der Waals surface area contributed by atoms with Crippen LogP contribution in [0.15, 0.2) is 53.0 Å². The topological polar surface area (TPSA) is 187 Å². The van der Waals surface area contributed by atoms with E-state index in [1.165, 1.54) is 29.2 Å². The van der Waals surface area contributed by atoms with Gasteiger partial charge in [-0.3, -0.25) is 19.3 Å². The number of allylic oxidation sites excluding steroid dienone is 1. The molecule has 0 fully saturated rings. The van der Waals surface area contributed by atoms with E-state index in [0.717, 1.165) is 0 Å². The summed E-state index contributed by atoms with van der Waals surface area (Å²) in [6, 6.07) is 6.14. The van der Waals surface area contributed by atoms with Crippen molar-refractivity contribution in [2.45, 2.75) is 31.0 Å². The molecule has 10 nitrogen and oxygen atoms in total. The zero-order valence-corrected chi connectivity index (χ0v) is 21.2. The number of aromatic hydroxyl groups is 1. The van der Waals surface area contributed by atoms with Crippen molar-refractivity contribution >= 4 is 17.5 Å². The Morgan fingerprint density at radius 3 is 2.36 bits per heavy atom. The van der Waals surface area contributed by atoms with Crippen molar-refractivity contribution in [1.82, 2.24) is 4.90 Å². The summed E-state index contributed by atoms with van der Waals surface area (Å²) in [7, 11) is 3.12. The third kappa shape index (κ3) is 3.61. The first kappa shape index (κ1) is 26.5. The maximum atomic E-state index is 13.9. The highest BCUT2D eigenvalue weighted by atomic mass is 19.1. The van der Waals surface area contributed by atoms with Crippen molar-refractivity contribution in [1.29, 1.82) is 0 Å². The highest BCUT2D eigenvalue weighted by Gasteiger charge is 2.63. The molecule has 8 N–H and O–H groups in total. The Balaban J connectivity index is 1.76. The zero-order valence-electron chi connectivity index (χ0n) is 21.2. The average molecular weight is 538 g/mol. The van der Waals surface area contributed by atoms with Crippen LogP contribution in [-0.4, -0.2) is 68.5 Å². The summed E-state index contributed by atoms with van der Waals surface area (Å²) in [5, 5.41) is 45.0. The lowest BCUT2D eigenvalue weighted by Crippen LogP contribution is -2.63. The minimum Gasteiger partial charge on any atom is -0.510 e. The molecule has 0 bridgehead atoms. The molecular formula is C28H28FN3O7. The quantitative estimate of drug-likeness (QED) is 0.313. The van der Waals surface area contributed by atoms with E-state index in [0.29, 0.717) is 16.7 Å². The monoisotopic (exact) mass is 537 g/mol. The maximum Gasteiger partial charge on any atom is 0.255 e. The summed E-state index contributed by atoms with van der Waals surface area (Å²) in [5.41, 5.74) is 8.99. The highest BCUT2D eigenvalue weighted by Crippen LogP contribution is 2.53. The average Bonchev–Trinajstić information content (AvgIpc) is 2.86. The molecule has 39 heavy (non-hydrogen) atoms. The molecule has 11 heteroatoms. The zero-order chi connectivity index (χ0) is 28.5. The van der Waals surface area contributed by atoms with Crippen molar-refractivity contribution < 1.29 is 39.2 Å². The summed E-state index contributed by atoms with van der Waals surface area (Å²) < 4.78 is 13.7. The second-order valence-electron chi connectivity index (χ2n) is 10.5. The maximum absolute atomic E-state index is 13.9. The number of nitrogens with two attached hydrogens (primary N) is 2. The van der Waals surface area contributed by atoms with E-state index in [1.54, 1.807) is 20.2 Å². The predicted molar refractivity (Wildman–Crippen MR) is 137 cm³/mol. The van der Waals surface area contributed by atoms with Crippen LogP contribution >= 0.6 is 0 Å². The van der Waals surface area contributed by atoms with Crippen LogP contribution in [0.2, 0.25) is 0 Å². The van der Waals surface area contributed by atoms with E-state index in [-0.39, 0.29) is 36.1 Å². The number of hydrogen-bond donors (Lipinski definition) is 6. The lowest BCUT2D eigenvalue weighted by atomic mass is 9.58.